The van der Waals surface area contributed by atoms with Gasteiger partial charge < -0.3 is 15.0 Å². The molecular formula is C13H16ClN3O4. The Kier molecular flexibility index (Phi) is 4.64. The van der Waals surface area contributed by atoms with Crippen molar-refractivity contribution in [1.29, 1.82) is 0 Å². The highest BCUT2D eigenvalue weighted by Gasteiger charge is 2.26. The summed E-state index contributed by atoms with van der Waals surface area (Å²) in [7, 11) is 0. The number of rotatable bonds is 2. The maximum atomic E-state index is 12.2. The number of nitro groups is 1. The predicted molar refractivity (Wildman–Crippen MR) is 78.7 cm³/mol. The van der Waals surface area contributed by atoms with E-state index in [2.05, 4.69) is 5.32 Å². The van der Waals surface area contributed by atoms with Crippen LogP contribution in [0, 0.1) is 10.1 Å². The van der Waals surface area contributed by atoms with Crippen molar-refractivity contribution in [2.24, 2.45) is 0 Å². The largest absolute Gasteiger partial charge is 0.372 e. The number of amides is 2. The van der Waals surface area contributed by atoms with E-state index in [1.807, 2.05) is 13.8 Å². The summed E-state index contributed by atoms with van der Waals surface area (Å²) in [4.78, 5) is 24.0. The molecule has 0 aliphatic carbocycles. The lowest BCUT2D eigenvalue weighted by molar-refractivity contribution is -0.384. The Bertz CT molecular complexity index is 556. The van der Waals surface area contributed by atoms with Crippen LogP contribution >= 0.6 is 11.6 Å². The zero-order valence-corrected chi connectivity index (χ0v) is 12.5. The fourth-order valence-electron chi connectivity index (χ4n) is 2.28. The highest BCUT2D eigenvalue weighted by molar-refractivity contribution is 6.32. The zero-order chi connectivity index (χ0) is 15.6. The number of halogens is 1. The van der Waals surface area contributed by atoms with Gasteiger partial charge in [0.25, 0.3) is 5.69 Å². The lowest BCUT2D eigenvalue weighted by Gasteiger charge is -2.35. The Labute approximate surface area is 127 Å². The molecule has 1 aromatic carbocycles. The molecule has 0 saturated carbocycles. The number of morpholine rings is 1. The molecule has 0 spiro atoms. The summed E-state index contributed by atoms with van der Waals surface area (Å²) in [5, 5.41) is 13.5. The van der Waals surface area contributed by atoms with Crippen molar-refractivity contribution >= 4 is 29.0 Å². The van der Waals surface area contributed by atoms with Crippen molar-refractivity contribution in [3.05, 3.63) is 33.3 Å². The summed E-state index contributed by atoms with van der Waals surface area (Å²) in [6.07, 6.45) is -0.0851. The van der Waals surface area contributed by atoms with E-state index >= 15 is 0 Å². The van der Waals surface area contributed by atoms with Crippen molar-refractivity contribution in [2.45, 2.75) is 26.1 Å². The van der Waals surface area contributed by atoms with Crippen molar-refractivity contribution in [2.75, 3.05) is 18.4 Å². The van der Waals surface area contributed by atoms with Gasteiger partial charge in [-0.1, -0.05) is 11.6 Å². The van der Waals surface area contributed by atoms with E-state index in [9.17, 15) is 14.9 Å². The number of ether oxygens (including phenoxy) is 1. The summed E-state index contributed by atoms with van der Waals surface area (Å²) in [6.45, 7) is 4.74. The number of nitro benzene ring substituents is 1. The first-order chi connectivity index (χ1) is 9.86. The smallest absolute Gasteiger partial charge is 0.322 e. The molecular weight excluding hydrogens is 298 g/mol. The quantitative estimate of drug-likeness (QED) is 0.672. The fourth-order valence-corrected chi connectivity index (χ4v) is 2.46. The average molecular weight is 314 g/mol. The minimum Gasteiger partial charge on any atom is -0.372 e. The molecule has 7 nitrogen and oxygen atoms in total. The van der Waals surface area contributed by atoms with Crippen LogP contribution in [0.4, 0.5) is 16.2 Å². The Morgan fingerprint density at radius 1 is 1.43 bits per heavy atom. The molecule has 114 valence electrons. The third-order valence-corrected chi connectivity index (χ3v) is 3.42. The van der Waals surface area contributed by atoms with Crippen LogP contribution in [-0.4, -0.2) is 41.2 Å². The number of anilines is 1. The van der Waals surface area contributed by atoms with Gasteiger partial charge in [0, 0.05) is 24.8 Å². The van der Waals surface area contributed by atoms with Gasteiger partial charge in [0.1, 0.15) is 5.02 Å². The number of hydrogen-bond acceptors (Lipinski definition) is 4. The van der Waals surface area contributed by atoms with E-state index in [0.29, 0.717) is 18.8 Å². The topological polar surface area (TPSA) is 84.7 Å². The van der Waals surface area contributed by atoms with Crippen LogP contribution in [0.25, 0.3) is 0 Å². The van der Waals surface area contributed by atoms with Gasteiger partial charge in [-0.15, -0.1) is 0 Å². The second-order valence-corrected chi connectivity index (χ2v) is 5.42. The highest BCUT2D eigenvalue weighted by atomic mass is 35.5. The summed E-state index contributed by atoms with van der Waals surface area (Å²) in [6, 6.07) is 3.85. The summed E-state index contributed by atoms with van der Waals surface area (Å²) in [5.41, 5.74) is 0.0982. The molecule has 1 saturated heterocycles. The molecule has 2 atom stereocenters. The number of benzene rings is 1. The maximum absolute atomic E-state index is 12.2. The number of nitrogens with zero attached hydrogens (tertiary/aromatic N) is 2. The van der Waals surface area contributed by atoms with E-state index in [1.54, 1.807) is 4.90 Å². The fraction of sp³-hybridized carbons (Fsp3) is 0.462. The van der Waals surface area contributed by atoms with E-state index in [-0.39, 0.29) is 28.9 Å². The number of carbonyl (C=O) groups excluding carboxylic acids is 1. The summed E-state index contributed by atoms with van der Waals surface area (Å²) < 4.78 is 5.55. The first-order valence-electron chi connectivity index (χ1n) is 6.52. The first kappa shape index (κ1) is 15.5. The number of carbonyl (C=O) groups is 1. The van der Waals surface area contributed by atoms with Crippen LogP contribution < -0.4 is 5.32 Å². The van der Waals surface area contributed by atoms with Gasteiger partial charge in [-0.3, -0.25) is 10.1 Å². The van der Waals surface area contributed by atoms with E-state index < -0.39 is 4.92 Å². The Hall–Kier alpha value is -1.86. The van der Waals surface area contributed by atoms with Gasteiger partial charge >= 0.3 is 6.03 Å². The Morgan fingerprint density at radius 3 is 2.62 bits per heavy atom. The molecule has 1 N–H and O–H groups in total. The van der Waals surface area contributed by atoms with Crippen molar-refractivity contribution in [1.82, 2.24) is 4.90 Å². The van der Waals surface area contributed by atoms with Crippen LogP contribution in [0.2, 0.25) is 5.02 Å². The summed E-state index contributed by atoms with van der Waals surface area (Å²) in [5.74, 6) is 0. The highest BCUT2D eigenvalue weighted by Crippen LogP contribution is 2.27. The van der Waals surface area contributed by atoms with Gasteiger partial charge in [-0.25, -0.2) is 4.79 Å². The van der Waals surface area contributed by atoms with Gasteiger partial charge in [0.05, 0.1) is 17.1 Å². The Balaban J connectivity index is 2.09. The van der Waals surface area contributed by atoms with Gasteiger partial charge in [-0.2, -0.15) is 0 Å². The molecule has 0 radical (unpaired) electrons. The first-order valence-corrected chi connectivity index (χ1v) is 6.90. The molecule has 1 fully saturated rings. The van der Waals surface area contributed by atoms with Crippen LogP contribution in [0.1, 0.15) is 13.8 Å². The van der Waals surface area contributed by atoms with Crippen molar-refractivity contribution in [3.63, 3.8) is 0 Å². The van der Waals surface area contributed by atoms with Crippen LogP contribution in [0.15, 0.2) is 18.2 Å². The normalized spacial score (nSPS) is 22.0. The van der Waals surface area contributed by atoms with E-state index in [0.717, 1.165) is 0 Å². The molecule has 1 aliphatic heterocycles. The minimum atomic E-state index is -0.586. The minimum absolute atomic E-state index is 0.0339. The summed E-state index contributed by atoms with van der Waals surface area (Å²) >= 11 is 5.73. The van der Waals surface area contributed by atoms with Crippen molar-refractivity contribution in [3.8, 4) is 0 Å². The number of hydrogen-bond donors (Lipinski definition) is 1. The van der Waals surface area contributed by atoms with Gasteiger partial charge in [-0.05, 0) is 26.0 Å². The SMILES string of the molecule is C[C@@H]1CN(C(=O)Nc2ccc(Cl)c([N+](=O)[O-])c2)C[C@@H](C)O1. The second kappa shape index (κ2) is 6.28. The molecule has 8 heteroatoms. The van der Waals surface area contributed by atoms with Gasteiger partial charge in [0.15, 0.2) is 0 Å². The predicted octanol–water partition coefficient (Wildman–Crippen LogP) is 2.89. The average Bonchev–Trinajstić information content (AvgIpc) is 2.39. The molecule has 0 bridgehead atoms. The lowest BCUT2D eigenvalue weighted by atomic mass is 10.2. The van der Waals surface area contributed by atoms with E-state index in [4.69, 9.17) is 16.3 Å². The molecule has 21 heavy (non-hydrogen) atoms. The molecule has 2 rings (SSSR count). The second-order valence-electron chi connectivity index (χ2n) is 5.02. The van der Waals surface area contributed by atoms with Crippen LogP contribution in [0.3, 0.4) is 0 Å². The third kappa shape index (κ3) is 3.83. The zero-order valence-electron chi connectivity index (χ0n) is 11.7. The Morgan fingerprint density at radius 2 is 2.05 bits per heavy atom. The molecule has 2 amide bonds. The van der Waals surface area contributed by atoms with Crippen LogP contribution in [-0.2, 0) is 4.74 Å². The number of urea groups is 1. The lowest BCUT2D eigenvalue weighted by Crippen LogP contribution is -2.49. The maximum Gasteiger partial charge on any atom is 0.322 e. The third-order valence-electron chi connectivity index (χ3n) is 3.10. The molecule has 0 unspecified atom stereocenters. The molecule has 1 aromatic rings. The molecule has 1 aliphatic rings. The molecule has 0 aromatic heterocycles. The van der Waals surface area contributed by atoms with Gasteiger partial charge in [0.2, 0.25) is 0 Å². The van der Waals surface area contributed by atoms with Crippen LogP contribution in [0.5, 0.6) is 0 Å². The van der Waals surface area contributed by atoms with E-state index in [1.165, 1.54) is 18.2 Å². The number of nitrogens with one attached hydrogen (secondary N) is 1. The van der Waals surface area contributed by atoms with Crippen molar-refractivity contribution < 1.29 is 14.5 Å². The monoisotopic (exact) mass is 313 g/mol. The standard InChI is InChI=1S/C13H16ClN3O4/c1-8-6-16(7-9(2)21-8)13(18)15-10-3-4-11(14)12(5-10)17(19)20/h3-5,8-9H,6-7H2,1-2H3,(H,15,18)/t8-,9-/m1/s1. The molecule has 1 heterocycles.